The second kappa shape index (κ2) is 9.41. The van der Waals surface area contributed by atoms with Gasteiger partial charge in [-0.3, -0.25) is 18.8 Å². The maximum absolute atomic E-state index is 13.2. The van der Waals surface area contributed by atoms with E-state index in [2.05, 4.69) is 30.2 Å². The van der Waals surface area contributed by atoms with Gasteiger partial charge >= 0.3 is 0 Å². The molecule has 2 fully saturated rings. The van der Waals surface area contributed by atoms with Crippen molar-refractivity contribution in [1.82, 2.24) is 34.3 Å². The number of carbonyl (C=O) groups excluding carboxylic acids is 1. The van der Waals surface area contributed by atoms with Gasteiger partial charge in [0.2, 0.25) is 0 Å². The zero-order chi connectivity index (χ0) is 25.6. The largest absolute Gasteiger partial charge is 0.353 e. The number of aryl methyl sites for hydroxylation is 1. The molecule has 4 aromatic rings. The standard InChI is InChI=1S/C24H29N9O3S/c1-17-3-4-20(26-14-17)33-21(28-24(34)19-15-27-32-7-2-6-25-23(19)32)13-22(29-33)31-10-8-30(9-11-31)18-5-12-37(35,36)16-18/h2-4,6-7,13-15,18,35-36H,5,8-12,16H2,1H3,(H,28,34). The van der Waals surface area contributed by atoms with E-state index in [0.717, 1.165) is 44.0 Å². The van der Waals surface area contributed by atoms with E-state index < -0.39 is 10.6 Å². The SMILES string of the molecule is Cc1ccc(-n2nc(N3CCN(C4CCS(O)(O)C4)CC3)cc2NC(=O)c2cnn3cccnc23)nc1. The van der Waals surface area contributed by atoms with Gasteiger partial charge in [-0.1, -0.05) is 6.07 Å². The minimum atomic E-state index is -2.42. The van der Waals surface area contributed by atoms with E-state index >= 15 is 0 Å². The molecule has 3 N–H and O–H groups in total. The van der Waals surface area contributed by atoms with Crippen molar-refractivity contribution < 1.29 is 13.9 Å². The van der Waals surface area contributed by atoms with Crippen LogP contribution in [-0.2, 0) is 0 Å². The normalized spacial score (nSPS) is 20.8. The lowest BCUT2D eigenvalue weighted by Crippen LogP contribution is -2.50. The van der Waals surface area contributed by atoms with Gasteiger partial charge in [-0.25, -0.2) is 14.5 Å². The van der Waals surface area contributed by atoms with Gasteiger partial charge in [-0.15, -0.1) is 5.10 Å². The van der Waals surface area contributed by atoms with Crippen molar-refractivity contribution in [2.75, 3.05) is 47.9 Å². The summed E-state index contributed by atoms with van der Waals surface area (Å²) in [6.07, 6.45) is 7.46. The van der Waals surface area contributed by atoms with E-state index in [1.807, 2.05) is 25.1 Å². The van der Waals surface area contributed by atoms with Crippen molar-refractivity contribution in [2.45, 2.75) is 19.4 Å². The maximum atomic E-state index is 13.2. The average molecular weight is 524 g/mol. The number of piperazine rings is 1. The van der Waals surface area contributed by atoms with Crippen LogP contribution in [-0.4, -0.2) is 93.0 Å². The molecule has 6 heterocycles. The van der Waals surface area contributed by atoms with Crippen LogP contribution in [0.5, 0.6) is 0 Å². The van der Waals surface area contributed by atoms with Gasteiger partial charge < -0.3 is 10.2 Å². The molecular formula is C24H29N9O3S. The second-order valence-electron chi connectivity index (χ2n) is 9.53. The molecule has 2 aliphatic rings. The van der Waals surface area contributed by atoms with E-state index in [0.29, 0.717) is 34.4 Å². The Labute approximate surface area is 215 Å². The molecule has 0 saturated carbocycles. The number of amides is 1. The lowest BCUT2D eigenvalue weighted by Gasteiger charge is -2.38. The summed E-state index contributed by atoms with van der Waals surface area (Å²) in [5.41, 5.74) is 1.86. The molecule has 0 spiro atoms. The molecule has 1 unspecified atom stereocenters. The van der Waals surface area contributed by atoms with Gasteiger partial charge in [-0.2, -0.15) is 20.4 Å². The average Bonchev–Trinajstić information content (AvgIpc) is 3.61. The summed E-state index contributed by atoms with van der Waals surface area (Å²) in [7, 11) is -2.42. The number of carbonyl (C=O) groups is 1. The van der Waals surface area contributed by atoms with Gasteiger partial charge in [0.15, 0.2) is 17.3 Å². The third kappa shape index (κ3) is 4.78. The molecule has 194 valence electrons. The maximum Gasteiger partial charge on any atom is 0.262 e. The van der Waals surface area contributed by atoms with Gasteiger partial charge in [0.1, 0.15) is 11.4 Å². The van der Waals surface area contributed by atoms with Crippen molar-refractivity contribution >= 4 is 33.8 Å². The van der Waals surface area contributed by atoms with Gasteiger partial charge in [-0.05, 0) is 31.0 Å². The van der Waals surface area contributed by atoms with E-state index in [1.165, 1.54) is 6.20 Å². The number of aromatic nitrogens is 6. The summed E-state index contributed by atoms with van der Waals surface area (Å²) in [4.78, 5) is 26.6. The number of pyridine rings is 1. The zero-order valence-electron chi connectivity index (χ0n) is 20.4. The van der Waals surface area contributed by atoms with Crippen LogP contribution in [0.15, 0.2) is 49.1 Å². The topological polar surface area (TPSA) is 137 Å². The van der Waals surface area contributed by atoms with Crippen molar-refractivity contribution in [3.05, 3.63) is 60.2 Å². The first-order valence-electron chi connectivity index (χ1n) is 12.2. The lowest BCUT2D eigenvalue weighted by molar-refractivity contribution is 0.102. The second-order valence-corrected chi connectivity index (χ2v) is 11.9. The molecule has 1 atom stereocenters. The molecular weight excluding hydrogens is 494 g/mol. The van der Waals surface area contributed by atoms with E-state index in [4.69, 9.17) is 5.10 Å². The van der Waals surface area contributed by atoms with Crippen LogP contribution in [0.4, 0.5) is 11.6 Å². The Kier molecular flexibility index (Phi) is 6.07. The van der Waals surface area contributed by atoms with Crippen LogP contribution in [0.1, 0.15) is 22.3 Å². The highest BCUT2D eigenvalue weighted by atomic mass is 32.3. The number of anilines is 2. The first-order chi connectivity index (χ1) is 17.9. The molecule has 2 aliphatic heterocycles. The number of hydrogen-bond acceptors (Lipinski definition) is 9. The summed E-state index contributed by atoms with van der Waals surface area (Å²) in [6, 6.07) is 7.66. The molecule has 0 aliphatic carbocycles. The molecule has 0 bridgehead atoms. The molecule has 12 nitrogen and oxygen atoms in total. The predicted octanol–water partition coefficient (Wildman–Crippen LogP) is 2.52. The Morgan fingerprint density at radius 2 is 1.95 bits per heavy atom. The van der Waals surface area contributed by atoms with E-state index in [1.54, 1.807) is 33.9 Å². The fourth-order valence-corrected chi connectivity index (χ4v) is 6.76. The summed E-state index contributed by atoms with van der Waals surface area (Å²) in [6.45, 7) is 5.09. The molecule has 6 rings (SSSR count). The van der Waals surface area contributed by atoms with E-state index in [9.17, 15) is 13.9 Å². The number of rotatable bonds is 5. The number of nitrogens with zero attached hydrogens (tertiary/aromatic N) is 8. The third-order valence-electron chi connectivity index (χ3n) is 6.97. The Hall–Kier alpha value is -3.52. The lowest BCUT2D eigenvalue weighted by atomic mass is 10.2. The van der Waals surface area contributed by atoms with Gasteiger partial charge in [0.05, 0.1) is 11.9 Å². The van der Waals surface area contributed by atoms with Crippen molar-refractivity contribution in [2.24, 2.45) is 0 Å². The smallest absolute Gasteiger partial charge is 0.262 e. The van der Waals surface area contributed by atoms with Crippen molar-refractivity contribution in [3.8, 4) is 5.82 Å². The van der Waals surface area contributed by atoms with Gasteiger partial charge in [0.25, 0.3) is 5.91 Å². The molecule has 4 aromatic heterocycles. The fraction of sp³-hybridized carbons (Fsp3) is 0.375. The Morgan fingerprint density at radius 1 is 1.11 bits per heavy atom. The molecule has 0 radical (unpaired) electrons. The number of hydrogen-bond donors (Lipinski definition) is 3. The van der Waals surface area contributed by atoms with Gasteiger partial charge in [0, 0.05) is 62.6 Å². The summed E-state index contributed by atoms with van der Waals surface area (Å²) in [5.74, 6) is 2.47. The first-order valence-corrected chi connectivity index (χ1v) is 14.1. The highest BCUT2D eigenvalue weighted by molar-refractivity contribution is 8.24. The third-order valence-corrected chi connectivity index (χ3v) is 8.77. The summed E-state index contributed by atoms with van der Waals surface area (Å²) >= 11 is 0. The first kappa shape index (κ1) is 23.9. The number of nitrogens with one attached hydrogen (secondary N) is 1. The van der Waals surface area contributed by atoms with Crippen LogP contribution in [0.2, 0.25) is 0 Å². The molecule has 2 saturated heterocycles. The predicted molar refractivity (Wildman–Crippen MR) is 142 cm³/mol. The molecule has 0 aromatic carbocycles. The van der Waals surface area contributed by atoms with Crippen LogP contribution >= 0.6 is 10.6 Å². The van der Waals surface area contributed by atoms with Crippen LogP contribution in [0, 0.1) is 6.92 Å². The highest BCUT2D eigenvalue weighted by Crippen LogP contribution is 2.47. The Morgan fingerprint density at radius 3 is 2.68 bits per heavy atom. The van der Waals surface area contributed by atoms with Crippen molar-refractivity contribution in [1.29, 1.82) is 0 Å². The van der Waals surface area contributed by atoms with Crippen molar-refractivity contribution in [3.63, 3.8) is 0 Å². The minimum Gasteiger partial charge on any atom is -0.353 e. The molecule has 1 amide bonds. The van der Waals surface area contributed by atoms with Crippen LogP contribution in [0.25, 0.3) is 11.5 Å². The quantitative estimate of drug-likeness (QED) is 0.360. The highest BCUT2D eigenvalue weighted by Gasteiger charge is 2.34. The summed E-state index contributed by atoms with van der Waals surface area (Å²) in [5, 5.41) is 12.0. The van der Waals surface area contributed by atoms with Crippen LogP contribution in [0.3, 0.4) is 0 Å². The summed E-state index contributed by atoms with van der Waals surface area (Å²) < 4.78 is 23.2. The van der Waals surface area contributed by atoms with E-state index in [-0.39, 0.29) is 11.9 Å². The Bertz CT molecular complexity index is 1430. The fourth-order valence-electron chi connectivity index (χ4n) is 4.95. The zero-order valence-corrected chi connectivity index (χ0v) is 21.3. The number of fused-ring (bicyclic) bond motifs is 1. The molecule has 13 heteroatoms. The minimum absolute atomic E-state index is 0.218. The van der Waals surface area contributed by atoms with Crippen LogP contribution < -0.4 is 10.2 Å². The molecule has 37 heavy (non-hydrogen) atoms. The monoisotopic (exact) mass is 523 g/mol. The Balaban J connectivity index is 1.24.